The molecular formula is C22H24N4O. The van der Waals surface area contributed by atoms with Gasteiger partial charge < -0.3 is 15.2 Å². The Morgan fingerprint density at radius 1 is 1.26 bits per heavy atom. The average Bonchev–Trinajstić information content (AvgIpc) is 3.37. The Hall–Kier alpha value is -2.66. The summed E-state index contributed by atoms with van der Waals surface area (Å²) in [5.74, 6) is 0. The number of H-pyrrole nitrogens is 1. The maximum absolute atomic E-state index is 11.3. The van der Waals surface area contributed by atoms with Crippen LogP contribution in [0.3, 0.4) is 0 Å². The third-order valence-corrected chi connectivity index (χ3v) is 6.06. The van der Waals surface area contributed by atoms with Crippen LogP contribution in [-0.4, -0.2) is 34.4 Å². The number of rotatable bonds is 3. The lowest BCUT2D eigenvalue weighted by molar-refractivity contribution is -0.118. The van der Waals surface area contributed by atoms with Gasteiger partial charge >= 0.3 is 0 Å². The Balaban J connectivity index is 1.65. The Morgan fingerprint density at radius 3 is 3.00 bits per heavy atom. The van der Waals surface area contributed by atoms with Crippen LogP contribution in [0.15, 0.2) is 30.6 Å². The SMILES string of the molecule is Cc1c[nH]c2ncc(-c3cc4c(c(C5CCCN5)c3)CN(C=O)CC4)cc12. The number of hydrogen-bond donors (Lipinski definition) is 2. The zero-order valence-electron chi connectivity index (χ0n) is 15.6. The molecule has 0 aliphatic carbocycles. The predicted molar refractivity (Wildman–Crippen MR) is 106 cm³/mol. The lowest BCUT2D eigenvalue weighted by atomic mass is 9.87. The molecule has 4 heterocycles. The number of pyridine rings is 1. The Kier molecular flexibility index (Phi) is 3.97. The van der Waals surface area contributed by atoms with Gasteiger partial charge in [0.25, 0.3) is 0 Å². The molecule has 0 spiro atoms. The van der Waals surface area contributed by atoms with Crippen LogP contribution >= 0.6 is 0 Å². The van der Waals surface area contributed by atoms with Gasteiger partial charge in [0.05, 0.1) is 0 Å². The zero-order valence-corrected chi connectivity index (χ0v) is 15.6. The number of benzene rings is 1. The largest absolute Gasteiger partial charge is 0.346 e. The summed E-state index contributed by atoms with van der Waals surface area (Å²) in [6.45, 7) is 4.70. The molecule has 2 N–H and O–H groups in total. The Morgan fingerprint density at radius 2 is 2.19 bits per heavy atom. The first-order valence-electron chi connectivity index (χ1n) is 9.75. The minimum absolute atomic E-state index is 0.385. The number of fused-ring (bicyclic) bond motifs is 2. The molecule has 5 nitrogen and oxygen atoms in total. The summed E-state index contributed by atoms with van der Waals surface area (Å²) in [6, 6.07) is 7.25. The lowest BCUT2D eigenvalue weighted by Gasteiger charge is -2.30. The molecule has 1 saturated heterocycles. The second-order valence-electron chi connectivity index (χ2n) is 7.77. The molecule has 2 aliphatic rings. The monoisotopic (exact) mass is 360 g/mol. The van der Waals surface area contributed by atoms with Crippen molar-refractivity contribution in [2.24, 2.45) is 0 Å². The molecule has 2 aliphatic heterocycles. The van der Waals surface area contributed by atoms with Crippen LogP contribution < -0.4 is 5.32 Å². The summed E-state index contributed by atoms with van der Waals surface area (Å²) >= 11 is 0. The van der Waals surface area contributed by atoms with Crippen LogP contribution in [0.4, 0.5) is 0 Å². The van der Waals surface area contributed by atoms with Crippen molar-refractivity contribution in [3.05, 3.63) is 52.8 Å². The highest BCUT2D eigenvalue weighted by Crippen LogP contribution is 2.36. The highest BCUT2D eigenvalue weighted by Gasteiger charge is 2.25. The Bertz CT molecular complexity index is 1020. The van der Waals surface area contributed by atoms with Crippen molar-refractivity contribution in [2.45, 2.75) is 38.8 Å². The van der Waals surface area contributed by atoms with Crippen molar-refractivity contribution in [3.8, 4) is 11.1 Å². The van der Waals surface area contributed by atoms with Crippen LogP contribution in [0.2, 0.25) is 0 Å². The van der Waals surface area contributed by atoms with Gasteiger partial charge in [0.1, 0.15) is 5.65 Å². The molecule has 5 rings (SSSR count). The molecule has 0 radical (unpaired) electrons. The van der Waals surface area contributed by atoms with Crippen molar-refractivity contribution in [2.75, 3.05) is 13.1 Å². The highest BCUT2D eigenvalue weighted by molar-refractivity contribution is 5.84. The van der Waals surface area contributed by atoms with E-state index in [1.165, 1.54) is 39.6 Å². The van der Waals surface area contributed by atoms with Crippen molar-refractivity contribution in [1.29, 1.82) is 0 Å². The van der Waals surface area contributed by atoms with E-state index >= 15 is 0 Å². The number of nitrogens with one attached hydrogen (secondary N) is 2. The topological polar surface area (TPSA) is 61.0 Å². The lowest BCUT2D eigenvalue weighted by Crippen LogP contribution is -2.31. The number of nitrogens with zero attached hydrogens (tertiary/aromatic N) is 2. The fourth-order valence-electron chi connectivity index (χ4n) is 4.53. The standard InChI is InChI=1S/C22H24N4O/c1-14-10-24-22-18(14)9-17(11-25-22)16-7-15-4-6-26(13-27)12-20(15)19(8-16)21-3-2-5-23-21/h7-11,13,21,23H,2-6,12H2,1H3,(H,24,25). The quantitative estimate of drug-likeness (QED) is 0.703. The maximum atomic E-state index is 11.3. The maximum Gasteiger partial charge on any atom is 0.210 e. The number of aryl methyl sites for hydroxylation is 1. The fourth-order valence-corrected chi connectivity index (χ4v) is 4.53. The first-order chi connectivity index (χ1) is 13.2. The van der Waals surface area contributed by atoms with Gasteiger partial charge in [-0.3, -0.25) is 4.79 Å². The van der Waals surface area contributed by atoms with Crippen LogP contribution in [0.25, 0.3) is 22.2 Å². The van der Waals surface area contributed by atoms with Crippen LogP contribution in [0.5, 0.6) is 0 Å². The molecule has 2 aromatic heterocycles. The van der Waals surface area contributed by atoms with Crippen LogP contribution in [0, 0.1) is 6.92 Å². The zero-order chi connectivity index (χ0) is 18.4. The van der Waals surface area contributed by atoms with Crippen molar-refractivity contribution in [1.82, 2.24) is 20.2 Å². The van der Waals surface area contributed by atoms with Gasteiger partial charge in [0, 0.05) is 42.5 Å². The van der Waals surface area contributed by atoms with Gasteiger partial charge in [-0.25, -0.2) is 4.98 Å². The van der Waals surface area contributed by atoms with E-state index in [0.717, 1.165) is 50.1 Å². The molecule has 0 saturated carbocycles. The van der Waals surface area contributed by atoms with Crippen LogP contribution in [-0.2, 0) is 17.8 Å². The minimum Gasteiger partial charge on any atom is -0.346 e. The first kappa shape index (κ1) is 16.5. The van der Waals surface area contributed by atoms with Crippen molar-refractivity contribution in [3.63, 3.8) is 0 Å². The van der Waals surface area contributed by atoms with Gasteiger partial charge in [0.15, 0.2) is 0 Å². The minimum atomic E-state index is 0.385. The number of carbonyl (C=O) groups is 1. The number of carbonyl (C=O) groups excluding carboxylic acids is 1. The van der Waals surface area contributed by atoms with Gasteiger partial charge in [-0.1, -0.05) is 6.07 Å². The number of hydrogen-bond acceptors (Lipinski definition) is 3. The Labute approximate surface area is 158 Å². The number of amides is 1. The van der Waals surface area contributed by atoms with Crippen LogP contribution in [0.1, 0.15) is 41.1 Å². The van der Waals surface area contributed by atoms with E-state index < -0.39 is 0 Å². The van der Waals surface area contributed by atoms with E-state index in [-0.39, 0.29) is 0 Å². The number of aromatic amines is 1. The smallest absolute Gasteiger partial charge is 0.210 e. The summed E-state index contributed by atoms with van der Waals surface area (Å²) in [7, 11) is 0. The van der Waals surface area contributed by atoms with E-state index in [0.29, 0.717) is 6.04 Å². The predicted octanol–water partition coefficient (Wildman–Crippen LogP) is 3.48. The molecule has 1 aromatic carbocycles. The van der Waals surface area contributed by atoms with E-state index in [1.807, 2.05) is 17.3 Å². The highest BCUT2D eigenvalue weighted by atomic mass is 16.1. The van der Waals surface area contributed by atoms with Gasteiger partial charge in [-0.15, -0.1) is 0 Å². The summed E-state index contributed by atoms with van der Waals surface area (Å²) < 4.78 is 0. The normalized spacial score (nSPS) is 19.4. The third-order valence-electron chi connectivity index (χ3n) is 6.06. The van der Waals surface area contributed by atoms with Gasteiger partial charge in [0.2, 0.25) is 6.41 Å². The summed E-state index contributed by atoms with van der Waals surface area (Å²) in [6.07, 6.45) is 8.24. The molecule has 1 unspecified atom stereocenters. The van der Waals surface area contributed by atoms with Gasteiger partial charge in [-0.2, -0.15) is 0 Å². The summed E-state index contributed by atoms with van der Waals surface area (Å²) in [4.78, 5) is 21.0. The average molecular weight is 360 g/mol. The molecule has 3 aromatic rings. The van der Waals surface area contributed by atoms with Gasteiger partial charge in [-0.05, 0) is 72.7 Å². The molecular weight excluding hydrogens is 336 g/mol. The number of aromatic nitrogens is 2. The molecule has 27 heavy (non-hydrogen) atoms. The van der Waals surface area contributed by atoms with E-state index in [2.05, 4.69) is 40.4 Å². The molecule has 1 atom stereocenters. The summed E-state index contributed by atoms with van der Waals surface area (Å²) in [5, 5.41) is 4.82. The van der Waals surface area contributed by atoms with E-state index in [9.17, 15) is 4.79 Å². The second kappa shape index (κ2) is 6.50. The molecule has 1 amide bonds. The van der Waals surface area contributed by atoms with Crippen molar-refractivity contribution >= 4 is 17.4 Å². The summed E-state index contributed by atoms with van der Waals surface area (Å²) in [5.41, 5.74) is 8.61. The third kappa shape index (κ3) is 2.82. The first-order valence-corrected chi connectivity index (χ1v) is 9.75. The molecule has 5 heteroatoms. The molecule has 0 bridgehead atoms. The van der Waals surface area contributed by atoms with E-state index in [4.69, 9.17) is 0 Å². The second-order valence-corrected chi connectivity index (χ2v) is 7.77. The fraction of sp³-hybridized carbons (Fsp3) is 0.364. The van der Waals surface area contributed by atoms with E-state index in [1.54, 1.807) is 0 Å². The molecule has 1 fully saturated rings. The molecule has 138 valence electrons. The van der Waals surface area contributed by atoms with Crippen molar-refractivity contribution < 1.29 is 4.79 Å².